The maximum Gasteiger partial charge on any atom is 0.255 e. The number of nitrogens with one attached hydrogen (secondary N) is 1. The number of pyridine rings is 1. The molecule has 0 fully saturated rings. The van der Waals surface area contributed by atoms with E-state index in [9.17, 15) is 9.18 Å². The molecule has 31 heavy (non-hydrogen) atoms. The van der Waals surface area contributed by atoms with Crippen LogP contribution < -0.4 is 5.32 Å². The van der Waals surface area contributed by atoms with Gasteiger partial charge in [0.05, 0.1) is 17.3 Å². The topological polar surface area (TPSA) is 67.8 Å². The molecule has 0 spiro atoms. The fraction of sp³-hybridized carbons (Fsp3) is 0.120. The SMILES string of the molecule is Cc1ccc(-c2ncc(C(=O)N[C@H](C)c3ccc(F)cc3)c(-c3ccncc3)n2)cc1. The number of halogens is 1. The first-order valence-electron chi connectivity index (χ1n) is 9.92. The molecule has 0 saturated heterocycles. The minimum Gasteiger partial charge on any atom is -0.345 e. The molecule has 2 heterocycles. The standard InChI is InChI=1S/C25H21FN4O/c1-16-3-5-20(6-4-16)24-28-15-22(23(30-24)19-11-13-27-14-12-19)25(31)29-17(2)18-7-9-21(26)10-8-18/h3-15,17H,1-2H3,(H,29,31)/t17-/m1/s1. The lowest BCUT2D eigenvalue weighted by molar-refractivity contribution is 0.0940. The molecule has 4 rings (SSSR count). The van der Waals surface area contributed by atoms with Crippen LogP contribution in [0.4, 0.5) is 4.39 Å². The van der Waals surface area contributed by atoms with Crippen LogP contribution in [0.1, 0.15) is 34.5 Å². The van der Waals surface area contributed by atoms with Crippen LogP contribution in [0, 0.1) is 12.7 Å². The Labute approximate surface area is 180 Å². The lowest BCUT2D eigenvalue weighted by Gasteiger charge is -2.16. The highest BCUT2D eigenvalue weighted by molar-refractivity contribution is 6.00. The predicted molar refractivity (Wildman–Crippen MR) is 118 cm³/mol. The number of carbonyl (C=O) groups excluding carboxylic acids is 1. The molecule has 0 aliphatic carbocycles. The van der Waals surface area contributed by atoms with Gasteiger partial charge >= 0.3 is 0 Å². The molecular formula is C25H21FN4O. The van der Waals surface area contributed by atoms with E-state index in [4.69, 9.17) is 4.98 Å². The van der Waals surface area contributed by atoms with Gasteiger partial charge in [0.2, 0.25) is 0 Å². The summed E-state index contributed by atoms with van der Waals surface area (Å²) in [6.45, 7) is 3.86. The van der Waals surface area contributed by atoms with E-state index in [0.29, 0.717) is 17.1 Å². The number of hydrogen-bond acceptors (Lipinski definition) is 4. The number of amides is 1. The van der Waals surface area contributed by atoms with Crippen molar-refractivity contribution in [2.24, 2.45) is 0 Å². The Balaban J connectivity index is 1.69. The molecular weight excluding hydrogens is 391 g/mol. The van der Waals surface area contributed by atoms with Gasteiger partial charge in [0, 0.05) is 29.7 Å². The van der Waals surface area contributed by atoms with Crippen molar-refractivity contribution in [2.75, 3.05) is 0 Å². The zero-order valence-corrected chi connectivity index (χ0v) is 17.2. The second-order valence-electron chi connectivity index (χ2n) is 7.30. The lowest BCUT2D eigenvalue weighted by atomic mass is 10.0. The number of aryl methyl sites for hydroxylation is 1. The smallest absolute Gasteiger partial charge is 0.255 e. The summed E-state index contributed by atoms with van der Waals surface area (Å²) in [6.07, 6.45) is 4.86. The van der Waals surface area contributed by atoms with Crippen molar-refractivity contribution in [3.63, 3.8) is 0 Å². The van der Waals surface area contributed by atoms with Crippen LogP contribution >= 0.6 is 0 Å². The molecule has 0 bridgehead atoms. The van der Waals surface area contributed by atoms with E-state index in [1.165, 1.54) is 12.1 Å². The third-order valence-corrected chi connectivity index (χ3v) is 5.01. The van der Waals surface area contributed by atoms with Crippen LogP contribution in [0.15, 0.2) is 79.3 Å². The summed E-state index contributed by atoms with van der Waals surface area (Å²) in [5.74, 6) is -0.0867. The van der Waals surface area contributed by atoms with E-state index < -0.39 is 0 Å². The second-order valence-corrected chi connectivity index (χ2v) is 7.30. The van der Waals surface area contributed by atoms with Gasteiger partial charge in [0.1, 0.15) is 5.82 Å². The van der Waals surface area contributed by atoms with Crippen LogP contribution in [0.2, 0.25) is 0 Å². The molecule has 0 aliphatic rings. The van der Waals surface area contributed by atoms with E-state index in [0.717, 1.165) is 22.3 Å². The lowest BCUT2D eigenvalue weighted by Crippen LogP contribution is -2.27. The van der Waals surface area contributed by atoms with Crippen LogP contribution in [0.3, 0.4) is 0 Å². The van der Waals surface area contributed by atoms with Gasteiger partial charge in [0.15, 0.2) is 5.82 Å². The molecule has 5 nitrogen and oxygen atoms in total. The highest BCUT2D eigenvalue weighted by atomic mass is 19.1. The summed E-state index contributed by atoms with van der Waals surface area (Å²) < 4.78 is 13.2. The highest BCUT2D eigenvalue weighted by Gasteiger charge is 2.19. The molecule has 0 aliphatic heterocycles. The summed E-state index contributed by atoms with van der Waals surface area (Å²) >= 11 is 0. The van der Waals surface area contributed by atoms with Crippen molar-refractivity contribution in [3.05, 3.63) is 102 Å². The molecule has 0 radical (unpaired) electrons. The van der Waals surface area contributed by atoms with Crippen LogP contribution in [0.25, 0.3) is 22.6 Å². The Morgan fingerprint density at radius 2 is 1.61 bits per heavy atom. The molecule has 154 valence electrons. The first kappa shape index (κ1) is 20.3. The minimum absolute atomic E-state index is 0.306. The van der Waals surface area contributed by atoms with E-state index in [-0.39, 0.29) is 17.8 Å². The van der Waals surface area contributed by atoms with E-state index >= 15 is 0 Å². The number of hydrogen-bond donors (Lipinski definition) is 1. The maximum atomic E-state index is 13.2. The number of nitrogens with zero attached hydrogens (tertiary/aromatic N) is 3. The monoisotopic (exact) mass is 412 g/mol. The molecule has 2 aromatic heterocycles. The van der Waals surface area contributed by atoms with Gasteiger partial charge in [-0.15, -0.1) is 0 Å². The van der Waals surface area contributed by atoms with Gasteiger partial charge in [-0.2, -0.15) is 0 Å². The summed E-state index contributed by atoms with van der Waals surface area (Å²) in [5.41, 5.74) is 4.46. The van der Waals surface area contributed by atoms with E-state index in [1.807, 2.05) is 38.1 Å². The first-order chi connectivity index (χ1) is 15.0. The van der Waals surface area contributed by atoms with Crippen molar-refractivity contribution >= 4 is 5.91 Å². The number of carbonyl (C=O) groups is 1. The second kappa shape index (κ2) is 8.83. The molecule has 2 aromatic carbocycles. The fourth-order valence-electron chi connectivity index (χ4n) is 3.23. The zero-order valence-electron chi connectivity index (χ0n) is 17.2. The highest BCUT2D eigenvalue weighted by Crippen LogP contribution is 2.25. The third-order valence-electron chi connectivity index (χ3n) is 5.01. The van der Waals surface area contributed by atoms with Crippen molar-refractivity contribution in [1.82, 2.24) is 20.3 Å². The Bertz CT molecular complexity index is 1190. The molecule has 1 amide bonds. The van der Waals surface area contributed by atoms with Crippen LogP contribution in [0.5, 0.6) is 0 Å². The van der Waals surface area contributed by atoms with Crippen molar-refractivity contribution in [3.8, 4) is 22.6 Å². The summed E-state index contributed by atoms with van der Waals surface area (Å²) in [5, 5.41) is 2.95. The molecule has 4 aromatic rings. The summed E-state index contributed by atoms with van der Waals surface area (Å²) in [6, 6.07) is 17.3. The van der Waals surface area contributed by atoms with Crippen molar-refractivity contribution < 1.29 is 9.18 Å². The summed E-state index contributed by atoms with van der Waals surface area (Å²) in [4.78, 5) is 26.3. The van der Waals surface area contributed by atoms with E-state index in [1.54, 1.807) is 42.9 Å². The largest absolute Gasteiger partial charge is 0.345 e. The summed E-state index contributed by atoms with van der Waals surface area (Å²) in [7, 11) is 0. The number of rotatable bonds is 5. The van der Waals surface area contributed by atoms with Gasteiger partial charge in [-0.05, 0) is 43.7 Å². The Hall–Kier alpha value is -3.93. The Morgan fingerprint density at radius 1 is 0.935 bits per heavy atom. The molecule has 6 heteroatoms. The van der Waals surface area contributed by atoms with Crippen molar-refractivity contribution in [1.29, 1.82) is 0 Å². The van der Waals surface area contributed by atoms with Gasteiger partial charge in [0.25, 0.3) is 5.91 Å². The number of aromatic nitrogens is 3. The van der Waals surface area contributed by atoms with E-state index in [2.05, 4.69) is 15.3 Å². The third kappa shape index (κ3) is 4.64. The molecule has 0 saturated carbocycles. The Morgan fingerprint density at radius 3 is 2.29 bits per heavy atom. The van der Waals surface area contributed by atoms with Crippen molar-refractivity contribution in [2.45, 2.75) is 19.9 Å². The van der Waals surface area contributed by atoms with Crippen LogP contribution in [-0.2, 0) is 0 Å². The first-order valence-corrected chi connectivity index (χ1v) is 9.92. The zero-order chi connectivity index (χ0) is 21.8. The molecule has 0 unspecified atom stereocenters. The van der Waals surface area contributed by atoms with Gasteiger partial charge in [-0.1, -0.05) is 42.0 Å². The van der Waals surface area contributed by atoms with Gasteiger partial charge < -0.3 is 5.32 Å². The predicted octanol–water partition coefficient (Wildman–Crippen LogP) is 5.14. The number of benzene rings is 2. The maximum absolute atomic E-state index is 13.2. The Kier molecular flexibility index (Phi) is 5.80. The molecule has 1 atom stereocenters. The quantitative estimate of drug-likeness (QED) is 0.493. The minimum atomic E-state index is -0.317. The van der Waals surface area contributed by atoms with Gasteiger partial charge in [-0.3, -0.25) is 9.78 Å². The molecule has 1 N–H and O–H groups in total. The van der Waals surface area contributed by atoms with Gasteiger partial charge in [-0.25, -0.2) is 14.4 Å². The normalized spacial score (nSPS) is 11.7. The van der Waals surface area contributed by atoms with Crippen LogP contribution in [-0.4, -0.2) is 20.9 Å². The average molecular weight is 412 g/mol. The fourth-order valence-corrected chi connectivity index (χ4v) is 3.23. The average Bonchev–Trinajstić information content (AvgIpc) is 2.80.